The van der Waals surface area contributed by atoms with Gasteiger partial charge in [0, 0.05) is 17.5 Å². The highest BCUT2D eigenvalue weighted by Gasteiger charge is 2.18. The zero-order chi connectivity index (χ0) is 10.7. The second-order valence-electron chi connectivity index (χ2n) is 3.93. The molecule has 1 aliphatic rings. The van der Waals surface area contributed by atoms with E-state index in [9.17, 15) is 0 Å². The number of ether oxygens (including phenoxy) is 1. The van der Waals surface area contributed by atoms with Crippen molar-refractivity contribution in [1.82, 2.24) is 5.32 Å². The molecule has 2 nitrogen and oxygen atoms in total. The van der Waals surface area contributed by atoms with E-state index in [2.05, 4.69) is 5.32 Å². The lowest BCUT2D eigenvalue weighted by Crippen LogP contribution is -2.28. The van der Waals surface area contributed by atoms with Crippen LogP contribution in [0.2, 0.25) is 5.02 Å². The van der Waals surface area contributed by atoms with Gasteiger partial charge >= 0.3 is 0 Å². The highest BCUT2D eigenvalue weighted by atomic mass is 35.5. The van der Waals surface area contributed by atoms with Gasteiger partial charge in [0.25, 0.3) is 0 Å². The van der Waals surface area contributed by atoms with Gasteiger partial charge in [-0.05, 0) is 43.1 Å². The Balaban J connectivity index is 2.27. The third kappa shape index (κ3) is 2.44. The van der Waals surface area contributed by atoms with Gasteiger partial charge in [-0.1, -0.05) is 11.6 Å². The minimum absolute atomic E-state index is 0.535. The van der Waals surface area contributed by atoms with Gasteiger partial charge in [-0.2, -0.15) is 0 Å². The molecule has 1 fully saturated rings. The molecular weight excluding hydrogens is 210 g/mol. The van der Waals surface area contributed by atoms with Crippen LogP contribution in [0.15, 0.2) is 18.2 Å². The van der Waals surface area contributed by atoms with Crippen molar-refractivity contribution in [3.05, 3.63) is 28.8 Å². The van der Waals surface area contributed by atoms with Crippen molar-refractivity contribution >= 4 is 11.6 Å². The van der Waals surface area contributed by atoms with Gasteiger partial charge in [0.2, 0.25) is 0 Å². The third-order valence-electron chi connectivity index (χ3n) is 2.93. The zero-order valence-corrected chi connectivity index (χ0v) is 9.68. The number of hydrogen-bond acceptors (Lipinski definition) is 2. The molecule has 0 radical (unpaired) electrons. The largest absolute Gasteiger partial charge is 0.496 e. The Bertz CT molecular complexity index is 334. The summed E-state index contributed by atoms with van der Waals surface area (Å²) in [6, 6.07) is 5.85. The van der Waals surface area contributed by atoms with E-state index in [0.717, 1.165) is 23.9 Å². The number of methoxy groups -OCH3 is 1. The zero-order valence-electron chi connectivity index (χ0n) is 8.92. The summed E-state index contributed by atoms with van der Waals surface area (Å²) in [4.78, 5) is 0. The van der Waals surface area contributed by atoms with E-state index in [1.807, 2.05) is 18.2 Å². The Morgan fingerprint density at radius 2 is 2.33 bits per heavy atom. The topological polar surface area (TPSA) is 21.3 Å². The van der Waals surface area contributed by atoms with Gasteiger partial charge in [0.1, 0.15) is 5.75 Å². The van der Waals surface area contributed by atoms with E-state index in [0.29, 0.717) is 5.92 Å². The van der Waals surface area contributed by atoms with Crippen LogP contribution in [0.1, 0.15) is 24.3 Å². The second kappa shape index (κ2) is 4.86. The molecule has 0 aromatic heterocycles. The molecule has 0 amide bonds. The minimum atomic E-state index is 0.535. The first kappa shape index (κ1) is 10.8. The highest BCUT2D eigenvalue weighted by molar-refractivity contribution is 6.30. The Morgan fingerprint density at radius 3 is 3.00 bits per heavy atom. The molecule has 1 aromatic rings. The summed E-state index contributed by atoms with van der Waals surface area (Å²) < 4.78 is 5.37. The van der Waals surface area contributed by atoms with Crippen LogP contribution in [0.3, 0.4) is 0 Å². The summed E-state index contributed by atoms with van der Waals surface area (Å²) in [6.07, 6.45) is 2.43. The molecule has 82 valence electrons. The molecule has 1 heterocycles. The quantitative estimate of drug-likeness (QED) is 0.836. The SMILES string of the molecule is COc1ccc(Cl)cc1[C@H]1CCCNC1. The van der Waals surface area contributed by atoms with Gasteiger partial charge in [0.05, 0.1) is 7.11 Å². The molecule has 1 saturated heterocycles. The van der Waals surface area contributed by atoms with E-state index < -0.39 is 0 Å². The first-order valence-electron chi connectivity index (χ1n) is 5.35. The van der Waals surface area contributed by atoms with Crippen LogP contribution in [0.5, 0.6) is 5.75 Å². The number of benzene rings is 1. The first-order valence-corrected chi connectivity index (χ1v) is 5.73. The van der Waals surface area contributed by atoms with E-state index >= 15 is 0 Å². The molecule has 0 unspecified atom stereocenters. The number of nitrogens with one attached hydrogen (secondary N) is 1. The summed E-state index contributed by atoms with van der Waals surface area (Å²) >= 11 is 6.02. The predicted octanol–water partition coefficient (Wildman–Crippen LogP) is 2.82. The summed E-state index contributed by atoms with van der Waals surface area (Å²) in [5.41, 5.74) is 1.23. The monoisotopic (exact) mass is 225 g/mol. The maximum absolute atomic E-state index is 6.02. The van der Waals surface area contributed by atoms with Crippen LogP contribution < -0.4 is 10.1 Å². The van der Waals surface area contributed by atoms with Crippen molar-refractivity contribution < 1.29 is 4.74 Å². The van der Waals surface area contributed by atoms with Crippen LogP contribution in [-0.4, -0.2) is 20.2 Å². The maximum Gasteiger partial charge on any atom is 0.122 e. The van der Waals surface area contributed by atoms with Crippen LogP contribution in [-0.2, 0) is 0 Å². The number of hydrogen-bond donors (Lipinski definition) is 1. The summed E-state index contributed by atoms with van der Waals surface area (Å²) in [7, 11) is 1.71. The number of halogens is 1. The average Bonchev–Trinajstić information content (AvgIpc) is 2.30. The van der Waals surface area contributed by atoms with Gasteiger partial charge < -0.3 is 10.1 Å². The van der Waals surface area contributed by atoms with Crippen LogP contribution in [0, 0.1) is 0 Å². The molecular formula is C12H16ClNO. The Morgan fingerprint density at radius 1 is 1.47 bits per heavy atom. The number of piperidine rings is 1. The van der Waals surface area contributed by atoms with E-state index in [4.69, 9.17) is 16.3 Å². The maximum atomic E-state index is 6.02. The molecule has 0 aliphatic carbocycles. The Hall–Kier alpha value is -0.730. The van der Waals surface area contributed by atoms with Crippen LogP contribution >= 0.6 is 11.6 Å². The molecule has 3 heteroatoms. The van der Waals surface area contributed by atoms with Crippen molar-refractivity contribution in [3.8, 4) is 5.75 Å². The second-order valence-corrected chi connectivity index (χ2v) is 4.37. The third-order valence-corrected chi connectivity index (χ3v) is 3.16. The van der Waals surface area contributed by atoms with Crippen LogP contribution in [0.25, 0.3) is 0 Å². The van der Waals surface area contributed by atoms with Crippen molar-refractivity contribution in [2.45, 2.75) is 18.8 Å². The fourth-order valence-corrected chi connectivity index (χ4v) is 2.32. The Kier molecular flexibility index (Phi) is 3.49. The lowest BCUT2D eigenvalue weighted by atomic mass is 9.91. The summed E-state index contributed by atoms with van der Waals surface area (Å²) in [5, 5.41) is 4.19. The van der Waals surface area contributed by atoms with E-state index in [-0.39, 0.29) is 0 Å². The highest BCUT2D eigenvalue weighted by Crippen LogP contribution is 2.32. The molecule has 1 aromatic carbocycles. The molecule has 0 saturated carbocycles. The normalized spacial score (nSPS) is 21.3. The fraction of sp³-hybridized carbons (Fsp3) is 0.500. The van der Waals surface area contributed by atoms with Crippen molar-refractivity contribution in [3.63, 3.8) is 0 Å². The fourth-order valence-electron chi connectivity index (χ4n) is 2.14. The van der Waals surface area contributed by atoms with E-state index in [1.54, 1.807) is 7.11 Å². The summed E-state index contributed by atoms with van der Waals surface area (Å²) in [5.74, 6) is 1.49. The standard InChI is InChI=1S/C12H16ClNO/c1-15-12-5-4-10(13)7-11(12)9-3-2-6-14-8-9/h4-5,7,9,14H,2-3,6,8H2,1H3/t9-/m0/s1. The first-order chi connectivity index (χ1) is 7.31. The van der Waals surface area contributed by atoms with Gasteiger partial charge in [-0.3, -0.25) is 0 Å². The molecule has 0 spiro atoms. The molecule has 1 aliphatic heterocycles. The van der Waals surface area contributed by atoms with E-state index in [1.165, 1.54) is 18.4 Å². The smallest absolute Gasteiger partial charge is 0.122 e. The van der Waals surface area contributed by atoms with Crippen molar-refractivity contribution in [2.24, 2.45) is 0 Å². The van der Waals surface area contributed by atoms with Crippen molar-refractivity contribution in [1.29, 1.82) is 0 Å². The van der Waals surface area contributed by atoms with Gasteiger partial charge in [-0.15, -0.1) is 0 Å². The van der Waals surface area contributed by atoms with Crippen LogP contribution in [0.4, 0.5) is 0 Å². The summed E-state index contributed by atoms with van der Waals surface area (Å²) in [6.45, 7) is 2.15. The van der Waals surface area contributed by atoms with Gasteiger partial charge in [-0.25, -0.2) is 0 Å². The predicted molar refractivity (Wildman–Crippen MR) is 62.8 cm³/mol. The molecule has 1 atom stereocenters. The average molecular weight is 226 g/mol. The Labute approximate surface area is 95.6 Å². The molecule has 0 bridgehead atoms. The van der Waals surface area contributed by atoms with Crippen molar-refractivity contribution in [2.75, 3.05) is 20.2 Å². The molecule has 1 N–H and O–H groups in total. The minimum Gasteiger partial charge on any atom is -0.496 e. The lowest BCUT2D eigenvalue weighted by Gasteiger charge is -2.24. The molecule has 15 heavy (non-hydrogen) atoms. The molecule has 2 rings (SSSR count). The van der Waals surface area contributed by atoms with Gasteiger partial charge in [0.15, 0.2) is 0 Å². The lowest BCUT2D eigenvalue weighted by molar-refractivity contribution is 0.392. The number of rotatable bonds is 2.